The van der Waals surface area contributed by atoms with Crippen LogP contribution in [0.5, 0.6) is 0 Å². The van der Waals surface area contributed by atoms with Crippen LogP contribution in [-0.2, 0) is 0 Å². The summed E-state index contributed by atoms with van der Waals surface area (Å²) in [5.41, 5.74) is -0.0441. The summed E-state index contributed by atoms with van der Waals surface area (Å²) < 4.78 is 0.665. The van der Waals surface area contributed by atoms with Crippen molar-refractivity contribution in [3.05, 3.63) is 32.8 Å². The first-order valence-corrected chi connectivity index (χ1v) is 7.90. The van der Waals surface area contributed by atoms with Gasteiger partial charge >= 0.3 is 0 Å². The first-order valence-electron chi connectivity index (χ1n) is 7.11. The Morgan fingerprint density at radius 1 is 1.33 bits per heavy atom. The summed E-state index contributed by atoms with van der Waals surface area (Å²) in [6.07, 6.45) is 3.37. The zero-order valence-electron chi connectivity index (χ0n) is 12.4. The summed E-state index contributed by atoms with van der Waals surface area (Å²) in [4.78, 5) is 10.7. The average Bonchev–Trinajstić information content (AvgIpc) is 2.41. The summed E-state index contributed by atoms with van der Waals surface area (Å²) in [6.45, 7) is 4.75. The van der Waals surface area contributed by atoms with Crippen molar-refractivity contribution in [1.29, 1.82) is 0 Å². The summed E-state index contributed by atoms with van der Waals surface area (Å²) in [5, 5.41) is 24.7. The number of nitro groups is 1. The Bertz CT molecular complexity index is 536. The van der Waals surface area contributed by atoms with Crippen molar-refractivity contribution < 1.29 is 10.0 Å². The van der Waals surface area contributed by atoms with E-state index in [0.29, 0.717) is 16.7 Å². The van der Waals surface area contributed by atoms with E-state index in [2.05, 4.69) is 35.1 Å². The molecule has 6 heteroatoms. The van der Waals surface area contributed by atoms with Crippen LogP contribution in [-0.4, -0.2) is 22.2 Å². The van der Waals surface area contributed by atoms with Gasteiger partial charge in [-0.25, -0.2) is 0 Å². The fraction of sp³-hybridized carbons (Fsp3) is 0.600. The third-order valence-corrected chi connectivity index (χ3v) is 4.79. The molecule has 0 atom stereocenters. The molecule has 1 aromatic rings. The molecule has 0 saturated heterocycles. The topological polar surface area (TPSA) is 75.4 Å². The largest absolute Gasteiger partial charge is 0.388 e. The fourth-order valence-corrected chi connectivity index (χ4v) is 2.98. The van der Waals surface area contributed by atoms with E-state index in [9.17, 15) is 15.2 Å². The van der Waals surface area contributed by atoms with E-state index >= 15 is 0 Å². The van der Waals surface area contributed by atoms with Gasteiger partial charge < -0.3 is 10.4 Å². The molecule has 0 aromatic heterocycles. The molecule has 5 nitrogen and oxygen atoms in total. The first kappa shape index (κ1) is 16.2. The van der Waals surface area contributed by atoms with Gasteiger partial charge in [-0.3, -0.25) is 10.1 Å². The molecule has 2 N–H and O–H groups in total. The number of benzene rings is 1. The van der Waals surface area contributed by atoms with Crippen molar-refractivity contribution in [3.8, 4) is 0 Å². The molecule has 21 heavy (non-hydrogen) atoms. The number of nitro benzene ring substituents is 1. The van der Waals surface area contributed by atoms with Crippen LogP contribution in [0.4, 0.5) is 11.4 Å². The van der Waals surface area contributed by atoms with Crippen molar-refractivity contribution in [1.82, 2.24) is 0 Å². The van der Waals surface area contributed by atoms with Gasteiger partial charge in [0.15, 0.2) is 0 Å². The molecule has 1 fully saturated rings. The monoisotopic (exact) mass is 356 g/mol. The molecule has 1 aliphatic carbocycles. The highest BCUT2D eigenvalue weighted by atomic mass is 79.9. The van der Waals surface area contributed by atoms with Gasteiger partial charge in [-0.1, -0.05) is 29.8 Å². The number of nitrogens with zero attached hydrogens (tertiary/aromatic N) is 1. The molecule has 116 valence electrons. The van der Waals surface area contributed by atoms with Crippen LogP contribution in [0, 0.1) is 15.5 Å². The maximum Gasteiger partial charge on any atom is 0.293 e. The van der Waals surface area contributed by atoms with Gasteiger partial charge in [0.25, 0.3) is 5.69 Å². The highest BCUT2D eigenvalue weighted by Gasteiger charge is 2.36. The number of nitrogens with one attached hydrogen (secondary N) is 1. The number of anilines is 1. The standard InChI is InChI=1S/C15H21BrN2O3/c1-14(2)5-7-15(19,8-6-14)10-17-12-4-3-11(16)9-13(12)18(20)21/h3-4,9,17,19H,5-8,10H2,1-2H3. The van der Waals surface area contributed by atoms with Crippen LogP contribution in [0.15, 0.2) is 22.7 Å². The Morgan fingerprint density at radius 2 is 1.95 bits per heavy atom. The van der Waals surface area contributed by atoms with Crippen LogP contribution < -0.4 is 5.32 Å². The van der Waals surface area contributed by atoms with Gasteiger partial charge in [0.1, 0.15) is 5.69 Å². The maximum atomic E-state index is 11.1. The Morgan fingerprint density at radius 3 is 2.52 bits per heavy atom. The molecule has 0 heterocycles. The van der Waals surface area contributed by atoms with Gasteiger partial charge in [0.2, 0.25) is 0 Å². The van der Waals surface area contributed by atoms with Gasteiger partial charge in [0, 0.05) is 17.1 Å². The van der Waals surface area contributed by atoms with Crippen molar-refractivity contribution in [3.63, 3.8) is 0 Å². The second kappa shape index (κ2) is 5.93. The number of aliphatic hydroxyl groups is 1. The highest BCUT2D eigenvalue weighted by molar-refractivity contribution is 9.10. The normalized spacial score (nSPS) is 20.0. The number of hydrogen-bond acceptors (Lipinski definition) is 4. The fourth-order valence-electron chi connectivity index (χ4n) is 2.63. The molecular weight excluding hydrogens is 336 g/mol. The van der Waals surface area contributed by atoms with Crippen LogP contribution in [0.25, 0.3) is 0 Å². The molecule has 0 aliphatic heterocycles. The quantitative estimate of drug-likeness (QED) is 0.628. The van der Waals surface area contributed by atoms with E-state index in [1.807, 2.05) is 0 Å². The van der Waals surface area contributed by atoms with Crippen molar-refractivity contribution >= 4 is 27.3 Å². The second-order valence-electron chi connectivity index (χ2n) is 6.66. The van der Waals surface area contributed by atoms with Crippen LogP contribution in [0.2, 0.25) is 0 Å². The lowest BCUT2D eigenvalue weighted by Crippen LogP contribution is -2.42. The SMILES string of the molecule is CC1(C)CCC(O)(CNc2ccc(Br)cc2[N+](=O)[O-])CC1. The van der Waals surface area contributed by atoms with Crippen LogP contribution >= 0.6 is 15.9 Å². The molecule has 0 bridgehead atoms. The summed E-state index contributed by atoms with van der Waals surface area (Å²) in [7, 11) is 0. The smallest absolute Gasteiger partial charge is 0.293 e. The number of rotatable bonds is 4. The van der Waals surface area contributed by atoms with Gasteiger partial charge in [-0.2, -0.15) is 0 Å². The Balaban J connectivity index is 2.05. The first-order chi connectivity index (χ1) is 9.71. The molecular formula is C15H21BrN2O3. The predicted molar refractivity (Wildman–Crippen MR) is 86.5 cm³/mol. The summed E-state index contributed by atoms with van der Waals surface area (Å²) in [6, 6.07) is 4.89. The summed E-state index contributed by atoms with van der Waals surface area (Å²) in [5.74, 6) is 0. The van der Waals surface area contributed by atoms with Crippen molar-refractivity contribution in [2.24, 2.45) is 5.41 Å². The van der Waals surface area contributed by atoms with E-state index in [1.165, 1.54) is 6.07 Å². The minimum Gasteiger partial charge on any atom is -0.388 e. The highest BCUT2D eigenvalue weighted by Crippen LogP contribution is 2.40. The zero-order valence-corrected chi connectivity index (χ0v) is 13.9. The van der Waals surface area contributed by atoms with E-state index < -0.39 is 10.5 Å². The number of hydrogen-bond donors (Lipinski definition) is 2. The Hall–Kier alpha value is -1.14. The molecule has 2 rings (SSSR count). The lowest BCUT2D eigenvalue weighted by atomic mass is 9.71. The van der Waals surface area contributed by atoms with Gasteiger partial charge in [0.05, 0.1) is 10.5 Å². The molecule has 0 unspecified atom stereocenters. The minimum atomic E-state index is -0.781. The summed E-state index contributed by atoms with van der Waals surface area (Å²) >= 11 is 3.23. The molecule has 1 aliphatic rings. The molecule has 0 radical (unpaired) electrons. The van der Waals surface area contributed by atoms with Crippen molar-refractivity contribution in [2.45, 2.75) is 45.1 Å². The molecule has 1 aromatic carbocycles. The minimum absolute atomic E-state index is 0.0177. The number of halogens is 1. The molecule has 1 saturated carbocycles. The average molecular weight is 357 g/mol. The Kier molecular flexibility index (Phi) is 4.58. The van der Waals surface area contributed by atoms with Crippen LogP contribution in [0.1, 0.15) is 39.5 Å². The van der Waals surface area contributed by atoms with Gasteiger partial charge in [-0.15, -0.1) is 0 Å². The molecule has 0 spiro atoms. The van der Waals surface area contributed by atoms with E-state index in [4.69, 9.17) is 0 Å². The predicted octanol–water partition coefficient (Wildman–Crippen LogP) is 4.10. The van der Waals surface area contributed by atoms with E-state index in [1.54, 1.807) is 12.1 Å². The Labute approximate surface area is 133 Å². The lowest BCUT2D eigenvalue weighted by molar-refractivity contribution is -0.384. The lowest BCUT2D eigenvalue weighted by Gasteiger charge is -2.40. The third kappa shape index (κ3) is 4.17. The zero-order chi connectivity index (χ0) is 15.7. The van der Waals surface area contributed by atoms with Gasteiger partial charge in [-0.05, 0) is 43.2 Å². The third-order valence-electron chi connectivity index (χ3n) is 4.30. The van der Waals surface area contributed by atoms with E-state index in [-0.39, 0.29) is 11.1 Å². The molecule has 0 amide bonds. The van der Waals surface area contributed by atoms with Crippen molar-refractivity contribution in [2.75, 3.05) is 11.9 Å². The van der Waals surface area contributed by atoms with E-state index in [0.717, 1.165) is 25.7 Å². The maximum absolute atomic E-state index is 11.1. The second-order valence-corrected chi connectivity index (χ2v) is 7.58. The van der Waals surface area contributed by atoms with Crippen LogP contribution in [0.3, 0.4) is 0 Å².